The molecule has 0 unspecified atom stereocenters. The molecule has 14 heavy (non-hydrogen) atoms. The lowest BCUT2D eigenvalue weighted by Crippen LogP contribution is -2.34. The first kappa shape index (κ1) is 16.7. The summed E-state index contributed by atoms with van der Waals surface area (Å²) in [6.45, 7) is 3.78. The second-order valence-corrected chi connectivity index (χ2v) is 3.22. The minimum atomic E-state index is -0.224. The quantitative estimate of drug-likeness (QED) is 0.518. The number of carbonyl (C=O) groups excluding carboxylic acids is 1. The standard InChI is InChI=1S/C8H15Cl2NO2.ClH/c1-2-13-8(12)7-11(5-3-9)6-4-10;/h2-7H2,1H3;1H. The lowest BCUT2D eigenvalue weighted by Gasteiger charge is -2.18. The van der Waals surface area contributed by atoms with Gasteiger partial charge in [-0.05, 0) is 6.92 Å². The van der Waals surface area contributed by atoms with E-state index < -0.39 is 0 Å². The van der Waals surface area contributed by atoms with Crippen LogP contribution in [0.5, 0.6) is 0 Å². The summed E-state index contributed by atoms with van der Waals surface area (Å²) < 4.78 is 4.80. The number of esters is 1. The van der Waals surface area contributed by atoms with Crippen molar-refractivity contribution in [2.45, 2.75) is 6.92 Å². The van der Waals surface area contributed by atoms with Gasteiger partial charge in [-0.25, -0.2) is 0 Å². The summed E-state index contributed by atoms with van der Waals surface area (Å²) in [6, 6.07) is 0. The summed E-state index contributed by atoms with van der Waals surface area (Å²) in [7, 11) is 0. The Morgan fingerprint density at radius 2 is 1.79 bits per heavy atom. The minimum Gasteiger partial charge on any atom is -0.465 e. The predicted octanol–water partition coefficient (Wildman–Crippen LogP) is 1.75. The Hall–Kier alpha value is 0.300. The van der Waals surface area contributed by atoms with Gasteiger partial charge in [-0.3, -0.25) is 9.69 Å². The normalized spacial score (nSPS) is 9.71. The van der Waals surface area contributed by atoms with E-state index in [1.807, 2.05) is 4.90 Å². The number of ether oxygens (including phenoxy) is 1. The fourth-order valence-corrected chi connectivity index (χ4v) is 1.38. The second-order valence-electron chi connectivity index (χ2n) is 2.46. The molecule has 0 spiro atoms. The van der Waals surface area contributed by atoms with Crippen molar-refractivity contribution in [3.05, 3.63) is 0 Å². The van der Waals surface area contributed by atoms with Gasteiger partial charge in [0.15, 0.2) is 0 Å². The van der Waals surface area contributed by atoms with Crippen LogP contribution in [0.2, 0.25) is 0 Å². The van der Waals surface area contributed by atoms with Crippen LogP contribution < -0.4 is 0 Å². The minimum absolute atomic E-state index is 0. The Labute approximate surface area is 101 Å². The van der Waals surface area contributed by atoms with Crippen molar-refractivity contribution in [3.8, 4) is 0 Å². The van der Waals surface area contributed by atoms with Crippen molar-refractivity contribution in [2.24, 2.45) is 0 Å². The molecular formula is C8H16Cl3NO2. The lowest BCUT2D eigenvalue weighted by atomic mass is 10.5. The van der Waals surface area contributed by atoms with E-state index in [0.29, 0.717) is 31.5 Å². The Balaban J connectivity index is 0. The molecule has 0 rings (SSSR count). The van der Waals surface area contributed by atoms with E-state index in [1.54, 1.807) is 6.92 Å². The molecule has 0 aromatic rings. The number of hydrogen-bond acceptors (Lipinski definition) is 3. The molecule has 0 aromatic heterocycles. The molecule has 6 heteroatoms. The first-order valence-electron chi connectivity index (χ1n) is 4.24. The van der Waals surface area contributed by atoms with Crippen LogP contribution in [0.1, 0.15) is 6.92 Å². The average Bonchev–Trinajstić information content (AvgIpc) is 2.05. The second kappa shape index (κ2) is 11.4. The number of alkyl halides is 2. The summed E-state index contributed by atoms with van der Waals surface area (Å²) >= 11 is 11.1. The van der Waals surface area contributed by atoms with Gasteiger partial charge in [0.25, 0.3) is 0 Å². The van der Waals surface area contributed by atoms with E-state index in [4.69, 9.17) is 27.9 Å². The molecule has 0 radical (unpaired) electrons. The van der Waals surface area contributed by atoms with Crippen LogP contribution in [0.3, 0.4) is 0 Å². The maximum absolute atomic E-state index is 11.1. The van der Waals surface area contributed by atoms with Crippen molar-refractivity contribution in [1.29, 1.82) is 0 Å². The summed E-state index contributed by atoms with van der Waals surface area (Å²) in [6.07, 6.45) is 0. The molecule has 0 aliphatic carbocycles. The van der Waals surface area contributed by atoms with Crippen LogP contribution in [0.4, 0.5) is 0 Å². The van der Waals surface area contributed by atoms with Gasteiger partial charge in [0, 0.05) is 24.8 Å². The first-order chi connectivity index (χ1) is 6.24. The summed E-state index contributed by atoms with van der Waals surface area (Å²) in [5, 5.41) is 0. The lowest BCUT2D eigenvalue weighted by molar-refractivity contribution is -0.144. The highest BCUT2D eigenvalue weighted by atomic mass is 35.5. The van der Waals surface area contributed by atoms with Crippen molar-refractivity contribution in [2.75, 3.05) is 38.0 Å². The van der Waals surface area contributed by atoms with E-state index in [1.165, 1.54) is 0 Å². The molecule has 0 atom stereocenters. The molecular weight excluding hydrogens is 248 g/mol. The van der Waals surface area contributed by atoms with Gasteiger partial charge in [0.2, 0.25) is 0 Å². The molecule has 3 nitrogen and oxygen atoms in total. The molecule has 0 aliphatic rings. The summed E-state index contributed by atoms with van der Waals surface area (Å²) in [5.41, 5.74) is 0. The number of halogens is 3. The molecule has 0 aromatic carbocycles. The number of rotatable bonds is 7. The van der Waals surface area contributed by atoms with Crippen LogP contribution in [0.25, 0.3) is 0 Å². The van der Waals surface area contributed by atoms with Gasteiger partial charge in [-0.2, -0.15) is 0 Å². The fraction of sp³-hybridized carbons (Fsp3) is 0.875. The summed E-state index contributed by atoms with van der Waals surface area (Å²) in [4.78, 5) is 12.9. The monoisotopic (exact) mass is 263 g/mol. The predicted molar refractivity (Wildman–Crippen MR) is 61.8 cm³/mol. The van der Waals surface area contributed by atoms with Gasteiger partial charge in [0.1, 0.15) is 0 Å². The highest BCUT2D eigenvalue weighted by Crippen LogP contribution is 1.93. The molecule has 86 valence electrons. The van der Waals surface area contributed by atoms with Gasteiger partial charge < -0.3 is 4.74 Å². The van der Waals surface area contributed by atoms with Gasteiger partial charge in [-0.1, -0.05) is 0 Å². The van der Waals surface area contributed by atoms with E-state index in [9.17, 15) is 4.79 Å². The van der Waals surface area contributed by atoms with Gasteiger partial charge in [0.05, 0.1) is 13.2 Å². The Kier molecular flexibility index (Phi) is 13.6. The molecule has 0 heterocycles. The fourth-order valence-electron chi connectivity index (χ4n) is 0.898. The van der Waals surface area contributed by atoms with Gasteiger partial charge in [-0.15, -0.1) is 35.6 Å². The SMILES string of the molecule is CCOC(=O)CN(CCCl)CCCl.Cl. The van der Waals surface area contributed by atoms with Crippen molar-refractivity contribution in [1.82, 2.24) is 4.90 Å². The third-order valence-electron chi connectivity index (χ3n) is 1.46. The molecule has 0 saturated heterocycles. The van der Waals surface area contributed by atoms with Crippen LogP contribution in [0.15, 0.2) is 0 Å². The Morgan fingerprint density at radius 3 is 2.14 bits per heavy atom. The third-order valence-corrected chi connectivity index (χ3v) is 1.80. The third kappa shape index (κ3) is 8.88. The first-order valence-corrected chi connectivity index (χ1v) is 5.31. The van der Waals surface area contributed by atoms with Crippen molar-refractivity contribution < 1.29 is 9.53 Å². The van der Waals surface area contributed by atoms with Crippen LogP contribution in [0, 0.1) is 0 Å². The van der Waals surface area contributed by atoms with E-state index in [-0.39, 0.29) is 24.9 Å². The van der Waals surface area contributed by atoms with Gasteiger partial charge >= 0.3 is 5.97 Å². The van der Waals surface area contributed by atoms with E-state index >= 15 is 0 Å². The maximum atomic E-state index is 11.1. The Morgan fingerprint density at radius 1 is 1.29 bits per heavy atom. The van der Waals surface area contributed by atoms with E-state index in [2.05, 4.69) is 0 Å². The molecule has 0 aliphatic heterocycles. The molecule has 0 bridgehead atoms. The molecule has 0 N–H and O–H groups in total. The number of nitrogens with zero attached hydrogens (tertiary/aromatic N) is 1. The molecule has 0 saturated carbocycles. The average molecular weight is 265 g/mol. The largest absolute Gasteiger partial charge is 0.465 e. The zero-order valence-electron chi connectivity index (χ0n) is 8.17. The highest BCUT2D eigenvalue weighted by Gasteiger charge is 2.09. The highest BCUT2D eigenvalue weighted by molar-refractivity contribution is 6.18. The van der Waals surface area contributed by atoms with Crippen LogP contribution >= 0.6 is 35.6 Å². The smallest absolute Gasteiger partial charge is 0.320 e. The van der Waals surface area contributed by atoms with E-state index in [0.717, 1.165) is 0 Å². The van der Waals surface area contributed by atoms with Crippen molar-refractivity contribution >= 4 is 41.6 Å². The number of hydrogen-bond donors (Lipinski definition) is 0. The Bertz CT molecular complexity index is 141. The number of carbonyl (C=O) groups is 1. The zero-order chi connectivity index (χ0) is 10.1. The molecule has 0 fully saturated rings. The summed E-state index contributed by atoms with van der Waals surface area (Å²) in [5.74, 6) is 0.768. The van der Waals surface area contributed by atoms with Crippen molar-refractivity contribution in [3.63, 3.8) is 0 Å². The maximum Gasteiger partial charge on any atom is 0.320 e. The molecule has 0 amide bonds. The zero-order valence-corrected chi connectivity index (χ0v) is 10.5. The van der Waals surface area contributed by atoms with Crippen LogP contribution in [-0.4, -0.2) is 48.9 Å². The topological polar surface area (TPSA) is 29.5 Å². The van der Waals surface area contributed by atoms with Crippen LogP contribution in [-0.2, 0) is 9.53 Å².